The summed E-state index contributed by atoms with van der Waals surface area (Å²) < 4.78 is 14.1. The lowest BCUT2D eigenvalue weighted by molar-refractivity contribution is -0.127. The summed E-state index contributed by atoms with van der Waals surface area (Å²) in [6.07, 6.45) is 1.29. The molecule has 1 amide bonds. The number of aliphatic hydroxyl groups is 1. The number of H-pyrrole nitrogens is 1. The van der Waals surface area contributed by atoms with Crippen molar-refractivity contribution in [3.8, 4) is 0 Å². The number of aromatic nitrogens is 2. The summed E-state index contributed by atoms with van der Waals surface area (Å²) in [6, 6.07) is 16.1. The molecule has 0 spiro atoms. The predicted molar refractivity (Wildman–Crippen MR) is 125 cm³/mol. The van der Waals surface area contributed by atoms with Crippen LogP contribution < -0.4 is 10.6 Å². The zero-order chi connectivity index (χ0) is 23.4. The van der Waals surface area contributed by atoms with Gasteiger partial charge in [0.05, 0.1) is 12.0 Å². The highest BCUT2D eigenvalue weighted by Crippen LogP contribution is 2.39. The van der Waals surface area contributed by atoms with Gasteiger partial charge in [0.1, 0.15) is 11.6 Å². The number of nitrogens with one attached hydrogen (secondary N) is 3. The zero-order valence-electron chi connectivity index (χ0n) is 19.0. The van der Waals surface area contributed by atoms with Crippen molar-refractivity contribution in [1.82, 2.24) is 20.6 Å². The summed E-state index contributed by atoms with van der Waals surface area (Å²) in [7, 11) is 0. The summed E-state index contributed by atoms with van der Waals surface area (Å²) in [5.74, 6) is -0.350. The van der Waals surface area contributed by atoms with Gasteiger partial charge in [-0.05, 0) is 18.1 Å². The number of hydrogen-bond donors (Lipinski definition) is 4. The van der Waals surface area contributed by atoms with E-state index in [4.69, 9.17) is 0 Å². The molecule has 0 bridgehead atoms. The van der Waals surface area contributed by atoms with Gasteiger partial charge in [-0.3, -0.25) is 4.79 Å². The molecule has 1 aliphatic carbocycles. The van der Waals surface area contributed by atoms with Gasteiger partial charge in [-0.15, -0.1) is 0 Å². The Hall–Kier alpha value is -3.03. The van der Waals surface area contributed by atoms with Gasteiger partial charge in [-0.25, -0.2) is 9.37 Å². The lowest BCUT2D eigenvalue weighted by Gasteiger charge is -2.22. The molecule has 4 atom stereocenters. The fourth-order valence-corrected chi connectivity index (χ4v) is 4.53. The average Bonchev–Trinajstić information content (AvgIpc) is 3.42. The third kappa shape index (κ3) is 5.31. The van der Waals surface area contributed by atoms with E-state index in [-0.39, 0.29) is 29.6 Å². The fraction of sp³-hybridized carbons (Fsp3) is 0.385. The number of rotatable bonds is 8. The molecule has 174 valence electrons. The summed E-state index contributed by atoms with van der Waals surface area (Å²) in [5.41, 5.74) is 2.34. The molecule has 6 nitrogen and oxygen atoms in total. The van der Waals surface area contributed by atoms with Crippen LogP contribution in [0.25, 0.3) is 0 Å². The number of carbonyl (C=O) groups is 1. The molecule has 3 aromatic rings. The molecule has 1 saturated carbocycles. The Bertz CT molecular complexity index is 1070. The molecule has 1 fully saturated rings. The highest BCUT2D eigenvalue weighted by Gasteiger charge is 2.47. The molecule has 1 aliphatic rings. The van der Waals surface area contributed by atoms with Crippen LogP contribution in [0.2, 0.25) is 0 Å². The molecule has 0 unspecified atom stereocenters. The van der Waals surface area contributed by atoms with Crippen LogP contribution in [-0.2, 0) is 17.9 Å². The van der Waals surface area contributed by atoms with Gasteiger partial charge in [-0.1, -0.05) is 62.4 Å². The lowest BCUT2D eigenvalue weighted by atomic mass is 9.96. The van der Waals surface area contributed by atoms with Crippen molar-refractivity contribution >= 4 is 5.91 Å². The molecular weight excluding hydrogens is 419 g/mol. The Labute approximate surface area is 193 Å². The van der Waals surface area contributed by atoms with Crippen LogP contribution in [0.15, 0.2) is 60.8 Å². The molecule has 33 heavy (non-hydrogen) atoms. The largest absolute Gasteiger partial charge is 0.392 e. The van der Waals surface area contributed by atoms with Gasteiger partial charge in [0.15, 0.2) is 0 Å². The number of amides is 1. The van der Waals surface area contributed by atoms with E-state index in [1.807, 2.05) is 44.2 Å². The third-order valence-electron chi connectivity index (χ3n) is 6.40. The number of hydrogen-bond acceptors (Lipinski definition) is 4. The number of benzene rings is 2. The summed E-state index contributed by atoms with van der Waals surface area (Å²) >= 11 is 0. The van der Waals surface area contributed by atoms with Gasteiger partial charge in [0, 0.05) is 48.4 Å². The van der Waals surface area contributed by atoms with Gasteiger partial charge >= 0.3 is 0 Å². The van der Waals surface area contributed by atoms with Crippen molar-refractivity contribution < 1.29 is 14.3 Å². The van der Waals surface area contributed by atoms with E-state index in [9.17, 15) is 14.3 Å². The van der Waals surface area contributed by atoms with Crippen LogP contribution >= 0.6 is 0 Å². The average molecular weight is 451 g/mol. The Balaban J connectivity index is 1.51. The normalized spacial score (nSPS) is 22.6. The Kier molecular flexibility index (Phi) is 7.20. The summed E-state index contributed by atoms with van der Waals surface area (Å²) in [6.45, 7) is 4.80. The zero-order valence-corrected chi connectivity index (χ0v) is 19.0. The number of aromatic amines is 1. The van der Waals surface area contributed by atoms with Gasteiger partial charge < -0.3 is 20.7 Å². The number of aliphatic hydroxyl groups excluding tert-OH is 1. The van der Waals surface area contributed by atoms with E-state index in [2.05, 4.69) is 20.6 Å². The van der Waals surface area contributed by atoms with E-state index in [0.29, 0.717) is 25.1 Å². The lowest BCUT2D eigenvalue weighted by Crippen LogP contribution is -2.36. The molecular formula is C26H31FN4O2. The Morgan fingerprint density at radius 2 is 1.88 bits per heavy atom. The van der Waals surface area contributed by atoms with Crippen LogP contribution in [-0.4, -0.2) is 33.1 Å². The van der Waals surface area contributed by atoms with Crippen LogP contribution in [0.4, 0.5) is 4.39 Å². The Morgan fingerprint density at radius 1 is 1.15 bits per heavy atom. The SMILES string of the molecule is CC(C)c1ncc([C@@H]2[C@H](O)[C@@H](C(=O)NCc3ccccc3)C[C@H]2NCc2ccccc2F)[nH]1. The van der Waals surface area contributed by atoms with Crippen LogP contribution in [0.1, 0.15) is 54.7 Å². The van der Waals surface area contributed by atoms with Gasteiger partial charge in [-0.2, -0.15) is 0 Å². The number of imidazole rings is 1. The standard InChI is InChI=1S/C26H31FN4O2/c1-16(2)25-29-15-22(31-25)23-21(28-14-18-10-6-7-11-20(18)27)12-19(24(23)32)26(33)30-13-17-8-4-3-5-9-17/h3-11,15-16,19,21,23-24,28,32H,12-14H2,1-2H3,(H,29,31)(H,30,33)/t19-,21+,23+,24+/m0/s1. The minimum absolute atomic E-state index is 0.185. The fourth-order valence-electron chi connectivity index (χ4n) is 4.53. The minimum Gasteiger partial charge on any atom is -0.392 e. The van der Waals surface area contributed by atoms with Crippen LogP contribution in [0, 0.1) is 11.7 Å². The Morgan fingerprint density at radius 3 is 2.58 bits per heavy atom. The molecule has 0 radical (unpaired) electrons. The summed E-state index contributed by atoms with van der Waals surface area (Å²) in [5, 5.41) is 17.6. The second-order valence-corrected chi connectivity index (χ2v) is 9.02. The van der Waals surface area contributed by atoms with Crippen molar-refractivity contribution in [2.45, 2.75) is 57.3 Å². The van der Waals surface area contributed by atoms with Crippen molar-refractivity contribution in [3.63, 3.8) is 0 Å². The molecule has 1 aromatic heterocycles. The first kappa shape index (κ1) is 23.1. The van der Waals surface area contributed by atoms with Crippen molar-refractivity contribution in [2.75, 3.05) is 0 Å². The minimum atomic E-state index is -0.889. The first-order chi connectivity index (χ1) is 15.9. The maximum absolute atomic E-state index is 14.1. The molecule has 7 heteroatoms. The second-order valence-electron chi connectivity index (χ2n) is 9.02. The first-order valence-corrected chi connectivity index (χ1v) is 11.4. The van der Waals surface area contributed by atoms with Crippen LogP contribution in [0.3, 0.4) is 0 Å². The number of nitrogens with zero attached hydrogens (tertiary/aromatic N) is 1. The number of halogens is 1. The molecule has 1 heterocycles. The quantitative estimate of drug-likeness (QED) is 0.422. The van der Waals surface area contributed by atoms with E-state index in [0.717, 1.165) is 17.1 Å². The second kappa shape index (κ2) is 10.3. The third-order valence-corrected chi connectivity index (χ3v) is 6.40. The molecule has 2 aromatic carbocycles. The molecule has 4 N–H and O–H groups in total. The molecule has 4 rings (SSSR count). The van der Waals surface area contributed by atoms with Crippen molar-refractivity contribution in [1.29, 1.82) is 0 Å². The van der Waals surface area contributed by atoms with E-state index in [1.54, 1.807) is 24.4 Å². The number of carbonyl (C=O) groups excluding carboxylic acids is 1. The highest BCUT2D eigenvalue weighted by atomic mass is 19.1. The van der Waals surface area contributed by atoms with E-state index >= 15 is 0 Å². The maximum atomic E-state index is 14.1. The first-order valence-electron chi connectivity index (χ1n) is 11.4. The molecule has 0 aliphatic heterocycles. The summed E-state index contributed by atoms with van der Waals surface area (Å²) in [4.78, 5) is 20.8. The van der Waals surface area contributed by atoms with Crippen molar-refractivity contribution in [3.05, 3.63) is 89.3 Å². The predicted octanol–water partition coefficient (Wildman–Crippen LogP) is 3.61. The highest BCUT2D eigenvalue weighted by molar-refractivity contribution is 5.80. The smallest absolute Gasteiger partial charge is 0.226 e. The van der Waals surface area contributed by atoms with Gasteiger partial charge in [0.25, 0.3) is 0 Å². The maximum Gasteiger partial charge on any atom is 0.226 e. The van der Waals surface area contributed by atoms with E-state index in [1.165, 1.54) is 6.07 Å². The topological polar surface area (TPSA) is 90.0 Å². The molecule has 0 saturated heterocycles. The van der Waals surface area contributed by atoms with E-state index < -0.39 is 12.0 Å². The van der Waals surface area contributed by atoms with Crippen LogP contribution in [0.5, 0.6) is 0 Å². The van der Waals surface area contributed by atoms with Crippen molar-refractivity contribution in [2.24, 2.45) is 5.92 Å². The van der Waals surface area contributed by atoms with Gasteiger partial charge in [0.2, 0.25) is 5.91 Å². The monoisotopic (exact) mass is 450 g/mol.